The molecule has 6 heteroatoms. The zero-order valence-electron chi connectivity index (χ0n) is 11.4. The Morgan fingerprint density at radius 1 is 1.47 bits per heavy atom. The minimum Gasteiger partial charge on any atom is -0.377 e. The average molecular weight is 269 g/mol. The Morgan fingerprint density at radius 3 is 2.84 bits per heavy atom. The predicted octanol–water partition coefficient (Wildman–Crippen LogP) is -0.380. The van der Waals surface area contributed by atoms with Crippen LogP contribution in [0.3, 0.4) is 0 Å². The van der Waals surface area contributed by atoms with E-state index in [9.17, 15) is 9.59 Å². The van der Waals surface area contributed by atoms with E-state index in [0.29, 0.717) is 38.6 Å². The topological polar surface area (TPSA) is 84.7 Å². The van der Waals surface area contributed by atoms with E-state index in [4.69, 9.17) is 10.5 Å². The monoisotopic (exact) mass is 269 g/mol. The molecule has 2 amide bonds. The van der Waals surface area contributed by atoms with E-state index in [0.717, 1.165) is 12.8 Å². The maximum absolute atomic E-state index is 12.2. The third-order valence-electron chi connectivity index (χ3n) is 3.49. The number of nitrogens with one attached hydrogen (secondary N) is 1. The molecule has 2 rings (SSSR count). The fraction of sp³-hybridized carbons (Fsp3) is 0.846. The number of amides is 2. The molecule has 2 fully saturated rings. The lowest BCUT2D eigenvalue weighted by molar-refractivity contribution is -0.148. The second kappa shape index (κ2) is 6.34. The Kier molecular flexibility index (Phi) is 4.76. The predicted molar refractivity (Wildman–Crippen MR) is 70.4 cm³/mol. The first-order chi connectivity index (χ1) is 9.08. The Hall–Kier alpha value is -1.14. The van der Waals surface area contributed by atoms with Crippen molar-refractivity contribution in [2.24, 2.45) is 5.73 Å². The van der Waals surface area contributed by atoms with E-state index in [1.807, 2.05) is 6.92 Å². The highest BCUT2D eigenvalue weighted by Crippen LogP contribution is 2.20. The highest BCUT2D eigenvalue weighted by molar-refractivity contribution is 5.88. The van der Waals surface area contributed by atoms with Crippen molar-refractivity contribution in [3.63, 3.8) is 0 Å². The van der Waals surface area contributed by atoms with Crippen LogP contribution in [-0.4, -0.2) is 54.6 Å². The van der Waals surface area contributed by atoms with Crippen molar-refractivity contribution in [2.75, 3.05) is 19.8 Å². The Bertz CT molecular complexity index is 342. The van der Waals surface area contributed by atoms with Crippen LogP contribution in [0.2, 0.25) is 0 Å². The van der Waals surface area contributed by atoms with E-state index >= 15 is 0 Å². The first-order valence-corrected chi connectivity index (χ1v) is 7.01. The fourth-order valence-corrected chi connectivity index (χ4v) is 2.14. The van der Waals surface area contributed by atoms with Gasteiger partial charge in [0.2, 0.25) is 11.8 Å². The molecular weight excluding hydrogens is 246 g/mol. The van der Waals surface area contributed by atoms with Gasteiger partial charge in [-0.2, -0.15) is 0 Å². The number of ether oxygens (including phenoxy) is 1. The van der Waals surface area contributed by atoms with Gasteiger partial charge in [0.05, 0.1) is 13.2 Å². The van der Waals surface area contributed by atoms with Crippen molar-refractivity contribution in [1.82, 2.24) is 10.2 Å². The second-order valence-electron chi connectivity index (χ2n) is 5.48. The molecule has 2 aliphatic rings. The van der Waals surface area contributed by atoms with Crippen LogP contribution in [-0.2, 0) is 14.3 Å². The number of hydrogen-bond donors (Lipinski definition) is 2. The fourth-order valence-electron chi connectivity index (χ4n) is 2.14. The van der Waals surface area contributed by atoms with Gasteiger partial charge in [0, 0.05) is 25.0 Å². The van der Waals surface area contributed by atoms with Crippen LogP contribution >= 0.6 is 0 Å². The Balaban J connectivity index is 1.90. The normalized spacial score (nSPS) is 24.9. The van der Waals surface area contributed by atoms with Crippen molar-refractivity contribution < 1.29 is 14.3 Å². The van der Waals surface area contributed by atoms with Gasteiger partial charge in [-0.3, -0.25) is 9.59 Å². The molecular formula is C13H23N3O3. The highest BCUT2D eigenvalue weighted by atomic mass is 16.5. The molecule has 19 heavy (non-hydrogen) atoms. The standard InChI is InChI=1S/C13H23N3O3/c1-9(14)2-5-12(17)16-6-7-19-8-11(16)13(18)15-10-3-4-10/h9-11H,2-8,14H2,1H3,(H,15,18). The van der Waals surface area contributed by atoms with E-state index < -0.39 is 6.04 Å². The first-order valence-electron chi connectivity index (χ1n) is 7.01. The van der Waals surface area contributed by atoms with Gasteiger partial charge in [0.25, 0.3) is 0 Å². The van der Waals surface area contributed by atoms with Crippen LogP contribution in [0, 0.1) is 0 Å². The number of nitrogens with two attached hydrogens (primary N) is 1. The summed E-state index contributed by atoms with van der Waals surface area (Å²) in [4.78, 5) is 25.9. The molecule has 1 aliphatic heterocycles. The first kappa shape index (κ1) is 14.3. The summed E-state index contributed by atoms with van der Waals surface area (Å²) in [5.41, 5.74) is 5.66. The van der Waals surface area contributed by atoms with Gasteiger partial charge in [-0.25, -0.2) is 0 Å². The van der Waals surface area contributed by atoms with Gasteiger partial charge in [0.15, 0.2) is 0 Å². The molecule has 2 atom stereocenters. The Labute approximate surface area is 113 Å². The lowest BCUT2D eigenvalue weighted by Crippen LogP contribution is -2.56. The van der Waals surface area contributed by atoms with Gasteiger partial charge in [-0.05, 0) is 26.2 Å². The summed E-state index contributed by atoms with van der Waals surface area (Å²) in [6.07, 6.45) is 3.12. The molecule has 0 radical (unpaired) electrons. The second-order valence-corrected chi connectivity index (χ2v) is 5.48. The largest absolute Gasteiger partial charge is 0.377 e. The molecule has 1 saturated carbocycles. The molecule has 2 unspecified atom stereocenters. The van der Waals surface area contributed by atoms with Crippen LogP contribution in [0.25, 0.3) is 0 Å². The molecule has 1 saturated heterocycles. The van der Waals surface area contributed by atoms with E-state index in [1.54, 1.807) is 4.90 Å². The number of carbonyl (C=O) groups is 2. The van der Waals surface area contributed by atoms with Gasteiger partial charge < -0.3 is 20.7 Å². The molecule has 108 valence electrons. The molecule has 1 aliphatic carbocycles. The molecule has 0 bridgehead atoms. The van der Waals surface area contributed by atoms with Crippen LogP contribution in [0.4, 0.5) is 0 Å². The summed E-state index contributed by atoms with van der Waals surface area (Å²) >= 11 is 0. The van der Waals surface area contributed by atoms with E-state index in [2.05, 4.69) is 5.32 Å². The summed E-state index contributed by atoms with van der Waals surface area (Å²) < 4.78 is 5.33. The molecule has 0 aromatic rings. The van der Waals surface area contributed by atoms with E-state index in [-0.39, 0.29) is 17.9 Å². The third kappa shape index (κ3) is 4.18. The van der Waals surface area contributed by atoms with Crippen molar-refractivity contribution in [1.29, 1.82) is 0 Å². The van der Waals surface area contributed by atoms with Crippen LogP contribution < -0.4 is 11.1 Å². The Morgan fingerprint density at radius 2 is 2.21 bits per heavy atom. The molecule has 0 aromatic heterocycles. The number of nitrogens with zero attached hydrogens (tertiary/aromatic N) is 1. The lowest BCUT2D eigenvalue weighted by Gasteiger charge is -2.34. The lowest BCUT2D eigenvalue weighted by atomic mass is 10.1. The minimum absolute atomic E-state index is 0.00320. The summed E-state index contributed by atoms with van der Waals surface area (Å²) in [5, 5.41) is 2.94. The van der Waals surface area contributed by atoms with Crippen LogP contribution in [0.5, 0.6) is 0 Å². The summed E-state index contributed by atoms with van der Waals surface area (Å²) in [6, 6.07) is -0.172. The number of carbonyl (C=O) groups excluding carboxylic acids is 2. The number of morpholine rings is 1. The third-order valence-corrected chi connectivity index (χ3v) is 3.49. The summed E-state index contributed by atoms with van der Waals surface area (Å²) in [7, 11) is 0. The maximum atomic E-state index is 12.2. The van der Waals surface area contributed by atoms with E-state index in [1.165, 1.54) is 0 Å². The SMILES string of the molecule is CC(N)CCC(=O)N1CCOCC1C(=O)NC1CC1. The molecule has 0 aromatic carbocycles. The highest BCUT2D eigenvalue weighted by Gasteiger charge is 2.35. The smallest absolute Gasteiger partial charge is 0.245 e. The molecule has 3 N–H and O–H groups in total. The van der Waals surface area contributed by atoms with Crippen LogP contribution in [0.15, 0.2) is 0 Å². The van der Waals surface area contributed by atoms with Crippen LogP contribution in [0.1, 0.15) is 32.6 Å². The average Bonchev–Trinajstić information content (AvgIpc) is 3.19. The van der Waals surface area contributed by atoms with Gasteiger partial charge in [0.1, 0.15) is 6.04 Å². The van der Waals surface area contributed by atoms with Gasteiger partial charge in [-0.15, -0.1) is 0 Å². The number of rotatable bonds is 5. The number of hydrogen-bond acceptors (Lipinski definition) is 4. The summed E-state index contributed by atoms with van der Waals surface area (Å²) in [6.45, 7) is 3.16. The van der Waals surface area contributed by atoms with Gasteiger partial charge in [-0.1, -0.05) is 0 Å². The molecule has 1 heterocycles. The molecule has 6 nitrogen and oxygen atoms in total. The van der Waals surface area contributed by atoms with Gasteiger partial charge >= 0.3 is 0 Å². The van der Waals surface area contributed by atoms with Crippen molar-refractivity contribution in [2.45, 2.75) is 50.7 Å². The minimum atomic E-state index is -0.477. The summed E-state index contributed by atoms with van der Waals surface area (Å²) in [5.74, 6) is -0.0899. The van der Waals surface area contributed by atoms with Crippen molar-refractivity contribution in [3.05, 3.63) is 0 Å². The van der Waals surface area contributed by atoms with Crippen molar-refractivity contribution in [3.8, 4) is 0 Å². The zero-order valence-corrected chi connectivity index (χ0v) is 11.4. The molecule has 0 spiro atoms. The van der Waals surface area contributed by atoms with Crippen molar-refractivity contribution >= 4 is 11.8 Å². The quantitative estimate of drug-likeness (QED) is 0.712. The maximum Gasteiger partial charge on any atom is 0.245 e. The zero-order chi connectivity index (χ0) is 13.8.